The summed E-state index contributed by atoms with van der Waals surface area (Å²) in [7, 11) is 0. The zero-order valence-electron chi connectivity index (χ0n) is 8.67. The van der Waals surface area contributed by atoms with E-state index in [-0.39, 0.29) is 5.56 Å². The molecule has 1 aromatic carbocycles. The van der Waals surface area contributed by atoms with Gasteiger partial charge in [-0.25, -0.2) is 8.78 Å². The first kappa shape index (κ1) is 12.1. The maximum absolute atomic E-state index is 13.2. The molecule has 0 saturated carbocycles. The number of halogens is 2. The van der Waals surface area contributed by atoms with Crippen LogP contribution < -0.4 is 5.73 Å². The molecule has 4 heteroatoms. The predicted octanol–water partition coefficient (Wildman–Crippen LogP) is 2.39. The summed E-state index contributed by atoms with van der Waals surface area (Å²) >= 11 is 0. The summed E-state index contributed by atoms with van der Waals surface area (Å²) in [4.78, 5) is 0. The van der Waals surface area contributed by atoms with Crippen molar-refractivity contribution >= 4 is 0 Å². The minimum Gasteiger partial charge on any atom is -0.382 e. The lowest BCUT2D eigenvalue weighted by Crippen LogP contribution is -2.16. The molecule has 0 saturated heterocycles. The number of hydrogen-bond acceptors (Lipinski definition) is 2. The molecule has 0 aromatic heterocycles. The Bertz CT molecular complexity index is 297. The largest absolute Gasteiger partial charge is 0.382 e. The molecule has 0 amide bonds. The first-order valence-corrected chi connectivity index (χ1v) is 4.94. The molecule has 0 heterocycles. The molecular weight excluding hydrogens is 200 g/mol. The van der Waals surface area contributed by atoms with Gasteiger partial charge >= 0.3 is 0 Å². The molecule has 1 rings (SSSR count). The van der Waals surface area contributed by atoms with Gasteiger partial charge in [0.25, 0.3) is 0 Å². The normalized spacial score (nSPS) is 12.8. The van der Waals surface area contributed by atoms with Crippen LogP contribution in [0.4, 0.5) is 8.78 Å². The molecule has 84 valence electrons. The van der Waals surface area contributed by atoms with Gasteiger partial charge in [0.1, 0.15) is 11.6 Å². The van der Waals surface area contributed by atoms with E-state index in [4.69, 9.17) is 10.5 Å². The third-order valence-electron chi connectivity index (χ3n) is 2.15. The fourth-order valence-electron chi connectivity index (χ4n) is 1.36. The molecule has 0 fully saturated rings. The van der Waals surface area contributed by atoms with Crippen LogP contribution in [0.15, 0.2) is 18.2 Å². The third-order valence-corrected chi connectivity index (χ3v) is 2.15. The van der Waals surface area contributed by atoms with Crippen LogP contribution in [0.25, 0.3) is 0 Å². The Morgan fingerprint density at radius 3 is 2.47 bits per heavy atom. The maximum atomic E-state index is 13.2. The van der Waals surface area contributed by atoms with Crippen molar-refractivity contribution < 1.29 is 13.5 Å². The Labute approximate surface area is 88.0 Å². The molecular formula is C11H15F2NO. The van der Waals surface area contributed by atoms with Gasteiger partial charge in [-0.1, -0.05) is 6.07 Å². The lowest BCUT2D eigenvalue weighted by atomic mass is 10.0. The average Bonchev–Trinajstić information content (AvgIpc) is 2.18. The van der Waals surface area contributed by atoms with E-state index < -0.39 is 17.7 Å². The van der Waals surface area contributed by atoms with Crippen LogP contribution in [-0.2, 0) is 4.74 Å². The topological polar surface area (TPSA) is 35.2 Å². The monoisotopic (exact) mass is 215 g/mol. The zero-order chi connectivity index (χ0) is 11.3. The van der Waals surface area contributed by atoms with E-state index in [9.17, 15) is 8.78 Å². The van der Waals surface area contributed by atoms with Gasteiger partial charge in [-0.2, -0.15) is 0 Å². The third kappa shape index (κ3) is 3.25. The molecule has 0 aliphatic heterocycles. The Balaban J connectivity index is 2.68. The second-order valence-electron chi connectivity index (χ2n) is 3.23. The first-order chi connectivity index (χ1) is 7.16. The second-order valence-corrected chi connectivity index (χ2v) is 3.23. The van der Waals surface area contributed by atoms with Crippen LogP contribution in [0.2, 0.25) is 0 Å². The van der Waals surface area contributed by atoms with Crippen LogP contribution in [0, 0.1) is 11.6 Å². The summed E-state index contributed by atoms with van der Waals surface area (Å²) in [6, 6.07) is 3.08. The number of hydrogen-bond donors (Lipinski definition) is 1. The quantitative estimate of drug-likeness (QED) is 0.765. The van der Waals surface area contributed by atoms with E-state index in [1.54, 1.807) is 0 Å². The smallest absolute Gasteiger partial charge is 0.130 e. The molecule has 1 atom stereocenters. The van der Waals surface area contributed by atoms with Crippen molar-refractivity contribution in [3.8, 4) is 0 Å². The lowest BCUT2D eigenvalue weighted by molar-refractivity contribution is 0.139. The number of ether oxygens (including phenoxy) is 1. The number of nitrogens with two attached hydrogens (primary N) is 1. The predicted molar refractivity (Wildman–Crippen MR) is 54.4 cm³/mol. The Kier molecular flexibility index (Phi) is 4.65. The van der Waals surface area contributed by atoms with Crippen LogP contribution in [-0.4, -0.2) is 13.2 Å². The molecule has 2 N–H and O–H groups in total. The number of benzene rings is 1. The van der Waals surface area contributed by atoms with E-state index >= 15 is 0 Å². The minimum atomic E-state index is -0.655. The van der Waals surface area contributed by atoms with Crippen LogP contribution in [0.5, 0.6) is 0 Å². The van der Waals surface area contributed by atoms with Gasteiger partial charge < -0.3 is 10.5 Å². The van der Waals surface area contributed by atoms with Crippen molar-refractivity contribution in [1.82, 2.24) is 0 Å². The van der Waals surface area contributed by atoms with Crippen molar-refractivity contribution in [2.75, 3.05) is 13.2 Å². The molecule has 15 heavy (non-hydrogen) atoms. The summed E-state index contributed by atoms with van der Waals surface area (Å²) in [5.74, 6) is -1.20. The summed E-state index contributed by atoms with van der Waals surface area (Å²) in [6.07, 6.45) is 0.408. The molecule has 1 unspecified atom stereocenters. The molecule has 0 radical (unpaired) electrons. The van der Waals surface area contributed by atoms with Gasteiger partial charge in [-0.05, 0) is 25.5 Å². The van der Waals surface area contributed by atoms with Crippen molar-refractivity contribution in [2.24, 2.45) is 5.73 Å². The van der Waals surface area contributed by atoms with Crippen molar-refractivity contribution in [1.29, 1.82) is 0 Å². The van der Waals surface area contributed by atoms with Gasteiger partial charge in [0, 0.05) is 24.8 Å². The van der Waals surface area contributed by atoms with E-state index in [2.05, 4.69) is 0 Å². The fourth-order valence-corrected chi connectivity index (χ4v) is 1.36. The standard InChI is InChI=1S/C11H15F2NO/c1-2-15-7-6-10(14)11-8(12)4-3-5-9(11)13/h3-5,10H,2,6-7,14H2,1H3. The lowest BCUT2D eigenvalue weighted by Gasteiger charge is -2.13. The minimum absolute atomic E-state index is 0.0581. The van der Waals surface area contributed by atoms with Gasteiger partial charge in [0.15, 0.2) is 0 Å². The molecule has 0 aliphatic carbocycles. The van der Waals surface area contributed by atoms with Crippen molar-refractivity contribution in [3.63, 3.8) is 0 Å². The molecule has 0 aliphatic rings. The van der Waals surface area contributed by atoms with Gasteiger partial charge in [0.05, 0.1) is 0 Å². The highest BCUT2D eigenvalue weighted by Gasteiger charge is 2.15. The number of rotatable bonds is 5. The summed E-state index contributed by atoms with van der Waals surface area (Å²) < 4.78 is 31.6. The zero-order valence-corrected chi connectivity index (χ0v) is 8.67. The van der Waals surface area contributed by atoms with Crippen LogP contribution >= 0.6 is 0 Å². The van der Waals surface area contributed by atoms with E-state index in [1.165, 1.54) is 18.2 Å². The van der Waals surface area contributed by atoms with Crippen LogP contribution in [0.3, 0.4) is 0 Å². The fraction of sp³-hybridized carbons (Fsp3) is 0.455. The summed E-state index contributed by atoms with van der Waals surface area (Å²) in [5.41, 5.74) is 5.62. The highest BCUT2D eigenvalue weighted by Crippen LogP contribution is 2.21. The van der Waals surface area contributed by atoms with E-state index in [0.29, 0.717) is 19.6 Å². The van der Waals surface area contributed by atoms with Gasteiger partial charge in [-0.15, -0.1) is 0 Å². The maximum Gasteiger partial charge on any atom is 0.130 e. The summed E-state index contributed by atoms with van der Waals surface area (Å²) in [6.45, 7) is 2.84. The molecule has 2 nitrogen and oxygen atoms in total. The highest BCUT2D eigenvalue weighted by molar-refractivity contribution is 5.22. The Morgan fingerprint density at radius 1 is 1.33 bits per heavy atom. The highest BCUT2D eigenvalue weighted by atomic mass is 19.1. The van der Waals surface area contributed by atoms with Crippen LogP contribution in [0.1, 0.15) is 24.9 Å². The first-order valence-electron chi connectivity index (χ1n) is 4.94. The van der Waals surface area contributed by atoms with Gasteiger partial charge in [0.2, 0.25) is 0 Å². The average molecular weight is 215 g/mol. The molecule has 0 spiro atoms. The van der Waals surface area contributed by atoms with E-state index in [1.807, 2.05) is 6.92 Å². The Hall–Kier alpha value is -1.00. The Morgan fingerprint density at radius 2 is 1.93 bits per heavy atom. The second kappa shape index (κ2) is 5.78. The van der Waals surface area contributed by atoms with Crippen molar-refractivity contribution in [2.45, 2.75) is 19.4 Å². The SMILES string of the molecule is CCOCCC(N)c1c(F)cccc1F. The van der Waals surface area contributed by atoms with E-state index in [0.717, 1.165) is 0 Å². The van der Waals surface area contributed by atoms with Crippen molar-refractivity contribution in [3.05, 3.63) is 35.4 Å². The van der Waals surface area contributed by atoms with Gasteiger partial charge in [-0.3, -0.25) is 0 Å². The summed E-state index contributed by atoms with van der Waals surface area (Å²) in [5, 5.41) is 0. The molecule has 0 bridgehead atoms. The molecule has 1 aromatic rings.